The first-order valence-electron chi connectivity index (χ1n) is 9.88. The highest BCUT2D eigenvalue weighted by molar-refractivity contribution is 6.22. The van der Waals surface area contributed by atoms with Crippen molar-refractivity contribution >= 4 is 29.2 Å². The number of carbonyl (C=O) groups excluding carboxylic acids is 3. The number of urea groups is 1. The number of imide groups is 1. The largest absolute Gasteiger partial charge is 0.407 e. The van der Waals surface area contributed by atoms with Gasteiger partial charge in [-0.05, 0) is 24.0 Å². The fourth-order valence-electron chi connectivity index (χ4n) is 4.72. The van der Waals surface area contributed by atoms with Gasteiger partial charge in [0.25, 0.3) is 5.91 Å². The number of fused-ring (bicyclic) bond motifs is 5. The Bertz CT molecular complexity index is 1020. The molecule has 1 aromatic rings. The van der Waals surface area contributed by atoms with Gasteiger partial charge < -0.3 is 9.80 Å². The summed E-state index contributed by atoms with van der Waals surface area (Å²) in [6.07, 6.45) is -4.02. The Hall–Kier alpha value is -3.09. The Morgan fingerprint density at radius 3 is 2.48 bits per heavy atom. The van der Waals surface area contributed by atoms with Crippen LogP contribution >= 0.6 is 0 Å². The molecule has 4 amide bonds. The van der Waals surface area contributed by atoms with Crippen LogP contribution in [0.1, 0.15) is 39.2 Å². The maximum Gasteiger partial charge on any atom is 0.407 e. The molecule has 0 spiro atoms. The molecule has 10 heteroatoms. The van der Waals surface area contributed by atoms with E-state index in [1.54, 1.807) is 4.90 Å². The summed E-state index contributed by atoms with van der Waals surface area (Å²) in [6.45, 7) is 13.1. The molecular weight excluding hydrogens is 413 g/mol. The van der Waals surface area contributed by atoms with Crippen molar-refractivity contribution in [2.45, 2.75) is 57.9 Å². The smallest absolute Gasteiger partial charge is 0.335 e. The number of halogens is 3. The number of hydrogen-bond donors (Lipinski definition) is 0. The normalized spacial score (nSPS) is 25.3. The van der Waals surface area contributed by atoms with E-state index in [4.69, 9.17) is 6.57 Å². The summed E-state index contributed by atoms with van der Waals surface area (Å²) in [6, 6.07) is 0.388. The zero-order valence-corrected chi connectivity index (χ0v) is 17.2. The number of amides is 4. The summed E-state index contributed by atoms with van der Waals surface area (Å²) in [5.74, 6) is -0.742. The van der Waals surface area contributed by atoms with E-state index in [2.05, 4.69) is 4.85 Å². The molecule has 4 rings (SSSR count). The minimum absolute atomic E-state index is 0.0980. The number of nitrogens with zero attached hydrogens (tertiary/aromatic N) is 4. The van der Waals surface area contributed by atoms with Crippen LogP contribution in [0.2, 0.25) is 0 Å². The van der Waals surface area contributed by atoms with Crippen LogP contribution < -0.4 is 4.90 Å². The van der Waals surface area contributed by atoms with Crippen molar-refractivity contribution in [2.75, 3.05) is 11.4 Å². The van der Waals surface area contributed by atoms with Gasteiger partial charge >= 0.3 is 12.2 Å². The zero-order chi connectivity index (χ0) is 22.9. The quantitative estimate of drug-likeness (QED) is 0.525. The van der Waals surface area contributed by atoms with Gasteiger partial charge in [-0.2, -0.15) is 13.2 Å². The molecular formula is C21H21F3N4O3. The lowest BCUT2D eigenvalue weighted by Gasteiger charge is -2.36. The lowest BCUT2D eigenvalue weighted by Crippen LogP contribution is -2.55. The predicted octanol–water partition coefficient (Wildman–Crippen LogP) is 3.81. The molecule has 0 radical (unpaired) electrons. The van der Waals surface area contributed by atoms with Gasteiger partial charge in [0.1, 0.15) is 6.04 Å². The van der Waals surface area contributed by atoms with E-state index in [1.165, 1.54) is 11.0 Å². The second kappa shape index (κ2) is 6.70. The van der Waals surface area contributed by atoms with E-state index in [-0.39, 0.29) is 23.1 Å². The van der Waals surface area contributed by atoms with Gasteiger partial charge in [0.05, 0.1) is 29.9 Å². The van der Waals surface area contributed by atoms with E-state index in [9.17, 15) is 27.6 Å². The lowest BCUT2D eigenvalue weighted by atomic mass is 9.91. The third-order valence-electron chi connectivity index (χ3n) is 5.93. The summed E-state index contributed by atoms with van der Waals surface area (Å²) in [5, 5.41) is 0. The van der Waals surface area contributed by atoms with Crippen molar-refractivity contribution in [1.29, 1.82) is 0 Å². The van der Waals surface area contributed by atoms with Crippen LogP contribution in [0, 0.1) is 12.0 Å². The van der Waals surface area contributed by atoms with E-state index in [0.29, 0.717) is 25.5 Å². The first-order valence-corrected chi connectivity index (χ1v) is 9.88. The number of likely N-dealkylation sites (tertiary alicyclic amines) is 1. The fourth-order valence-corrected chi connectivity index (χ4v) is 4.72. The van der Waals surface area contributed by atoms with Crippen LogP contribution in [0.3, 0.4) is 0 Å². The predicted molar refractivity (Wildman–Crippen MR) is 104 cm³/mol. The number of rotatable bonds is 2. The number of benzene rings is 1. The van der Waals surface area contributed by atoms with Crippen LogP contribution in [0.15, 0.2) is 18.2 Å². The Morgan fingerprint density at radius 1 is 1.23 bits per heavy atom. The molecule has 0 saturated carbocycles. The Kier molecular flexibility index (Phi) is 4.57. The summed E-state index contributed by atoms with van der Waals surface area (Å²) in [5.41, 5.74) is -2.26. The molecule has 0 N–H and O–H groups in total. The van der Waals surface area contributed by atoms with E-state index >= 15 is 0 Å². The third kappa shape index (κ3) is 3.32. The van der Waals surface area contributed by atoms with Gasteiger partial charge in [-0.1, -0.05) is 26.8 Å². The standard InChI is InChI=1S/C21H21F3N4O3/c1-20(2,3)9-16(29)26-10-12-8-15(26)17-18(30)28(19(31)27(12)17)11-5-6-14(25-4)13(7-11)21(22,23)24/h5-7,12,15,17H,8-10H2,1-3H3/t12?,15?,17-/m1/s1. The molecule has 2 unspecified atom stereocenters. The summed E-state index contributed by atoms with van der Waals surface area (Å²) >= 11 is 0. The average molecular weight is 434 g/mol. The van der Waals surface area contributed by atoms with E-state index in [0.717, 1.165) is 11.0 Å². The molecule has 0 aromatic heterocycles. The summed E-state index contributed by atoms with van der Waals surface area (Å²) in [7, 11) is 0. The molecule has 3 aliphatic rings. The summed E-state index contributed by atoms with van der Waals surface area (Å²) in [4.78, 5) is 45.5. The molecule has 0 aliphatic carbocycles. The highest BCUT2D eigenvalue weighted by atomic mass is 19.4. The number of hydrogen-bond acceptors (Lipinski definition) is 3. The number of anilines is 1. The van der Waals surface area contributed by atoms with E-state index in [1.807, 2.05) is 20.8 Å². The van der Waals surface area contributed by atoms with E-state index < -0.39 is 41.4 Å². The minimum atomic E-state index is -4.80. The monoisotopic (exact) mass is 434 g/mol. The second-order valence-electron chi connectivity index (χ2n) is 9.36. The Labute approximate surface area is 177 Å². The number of piperazine rings is 1. The highest BCUT2D eigenvalue weighted by Crippen LogP contribution is 2.45. The lowest BCUT2D eigenvalue weighted by molar-refractivity contribution is -0.138. The van der Waals surface area contributed by atoms with Gasteiger partial charge in [-0.15, -0.1) is 0 Å². The van der Waals surface area contributed by atoms with Crippen LogP contribution in [0.25, 0.3) is 4.85 Å². The van der Waals surface area contributed by atoms with Gasteiger partial charge in [-0.3, -0.25) is 9.59 Å². The molecule has 7 nitrogen and oxygen atoms in total. The van der Waals surface area contributed by atoms with Crippen LogP contribution in [0.4, 0.5) is 29.3 Å². The molecule has 3 fully saturated rings. The Morgan fingerprint density at radius 2 is 1.90 bits per heavy atom. The number of carbonyl (C=O) groups is 3. The molecule has 3 aliphatic heterocycles. The van der Waals surface area contributed by atoms with Crippen molar-refractivity contribution in [3.63, 3.8) is 0 Å². The van der Waals surface area contributed by atoms with Crippen molar-refractivity contribution in [2.24, 2.45) is 5.41 Å². The average Bonchev–Trinajstić information content (AvgIpc) is 3.31. The Balaban J connectivity index is 1.65. The molecule has 3 heterocycles. The maximum absolute atomic E-state index is 13.4. The van der Waals surface area contributed by atoms with Gasteiger partial charge in [0, 0.05) is 13.0 Å². The molecule has 3 saturated heterocycles. The SMILES string of the molecule is [C-]#[N+]c1ccc(N2C(=O)[C@H]3C4CC(CN4C(=O)CC(C)(C)C)N3C2=O)cc1C(F)(F)F. The van der Waals surface area contributed by atoms with Crippen LogP contribution in [0.5, 0.6) is 0 Å². The van der Waals surface area contributed by atoms with Gasteiger partial charge in [-0.25, -0.2) is 14.5 Å². The van der Waals surface area contributed by atoms with Crippen molar-refractivity contribution in [1.82, 2.24) is 9.80 Å². The third-order valence-corrected chi connectivity index (χ3v) is 5.93. The maximum atomic E-state index is 13.4. The first-order chi connectivity index (χ1) is 14.3. The summed E-state index contributed by atoms with van der Waals surface area (Å²) < 4.78 is 40.1. The van der Waals surface area contributed by atoms with Crippen LogP contribution in [-0.2, 0) is 15.8 Å². The molecule has 2 bridgehead atoms. The highest BCUT2D eigenvalue weighted by Gasteiger charge is 2.63. The second-order valence-corrected chi connectivity index (χ2v) is 9.36. The topological polar surface area (TPSA) is 65.3 Å². The fraction of sp³-hybridized carbons (Fsp3) is 0.524. The molecule has 3 atom stereocenters. The van der Waals surface area contributed by atoms with Crippen LogP contribution in [-0.4, -0.2) is 52.3 Å². The molecule has 164 valence electrons. The molecule has 1 aromatic carbocycles. The van der Waals surface area contributed by atoms with Crippen molar-refractivity contribution in [3.05, 3.63) is 35.2 Å². The van der Waals surface area contributed by atoms with Gasteiger partial charge in [0.2, 0.25) is 5.91 Å². The van der Waals surface area contributed by atoms with Crippen molar-refractivity contribution < 1.29 is 27.6 Å². The van der Waals surface area contributed by atoms with Crippen molar-refractivity contribution in [3.8, 4) is 0 Å². The zero-order valence-electron chi connectivity index (χ0n) is 17.2. The minimum Gasteiger partial charge on any atom is -0.335 e. The first kappa shape index (κ1) is 21.2. The molecule has 31 heavy (non-hydrogen) atoms. The van der Waals surface area contributed by atoms with Gasteiger partial charge in [0.15, 0.2) is 5.69 Å². The number of alkyl halides is 3.